The van der Waals surface area contributed by atoms with E-state index < -0.39 is 0 Å². The second kappa shape index (κ2) is 6.65. The Morgan fingerprint density at radius 2 is 2.00 bits per heavy atom. The fourth-order valence-corrected chi connectivity index (χ4v) is 4.32. The van der Waals surface area contributed by atoms with E-state index in [0.29, 0.717) is 16.4 Å². The van der Waals surface area contributed by atoms with Crippen molar-refractivity contribution in [3.63, 3.8) is 0 Å². The van der Waals surface area contributed by atoms with Crippen LogP contribution in [0.15, 0.2) is 40.3 Å². The van der Waals surface area contributed by atoms with Crippen LogP contribution < -0.4 is 5.56 Å². The molecule has 0 saturated heterocycles. The molecule has 0 radical (unpaired) electrons. The van der Waals surface area contributed by atoms with Gasteiger partial charge < -0.3 is 0 Å². The minimum absolute atomic E-state index is 0.161. The predicted molar refractivity (Wildman–Crippen MR) is 102 cm³/mol. The molecule has 7 nitrogen and oxygen atoms in total. The third-order valence-electron chi connectivity index (χ3n) is 3.80. The first kappa shape index (κ1) is 16.9. The van der Waals surface area contributed by atoms with E-state index >= 15 is 0 Å². The molecular formula is C17H16N6OS2. The summed E-state index contributed by atoms with van der Waals surface area (Å²) in [6.45, 7) is 5.84. The zero-order valence-electron chi connectivity index (χ0n) is 14.5. The molecule has 0 aliphatic rings. The lowest BCUT2D eigenvalue weighted by Crippen LogP contribution is -2.15. The molecule has 0 saturated carbocycles. The van der Waals surface area contributed by atoms with Gasteiger partial charge in [-0.05, 0) is 38.5 Å². The fraction of sp³-hybridized carbons (Fsp3) is 0.235. The number of rotatable bonds is 4. The van der Waals surface area contributed by atoms with Crippen LogP contribution in [0.2, 0.25) is 0 Å². The standard InChI is InChI=1S/C17H16N6OS2/c1-10-5-4-6-14(7-10)22-11(2)19-20-17(22)25-9-13-8-15(24)23-16(18-13)26-12(3)21-23/h4-8H,9H2,1-3H3. The lowest BCUT2D eigenvalue weighted by atomic mass is 10.2. The summed E-state index contributed by atoms with van der Waals surface area (Å²) in [4.78, 5) is 17.3. The van der Waals surface area contributed by atoms with Gasteiger partial charge in [0.25, 0.3) is 5.56 Å². The average Bonchev–Trinajstić information content (AvgIpc) is 3.15. The van der Waals surface area contributed by atoms with Crippen molar-refractivity contribution in [3.05, 3.63) is 62.8 Å². The number of hydrogen-bond acceptors (Lipinski definition) is 7. The van der Waals surface area contributed by atoms with Crippen LogP contribution >= 0.6 is 23.1 Å². The third kappa shape index (κ3) is 3.15. The number of thioether (sulfide) groups is 1. The maximum Gasteiger partial charge on any atom is 0.275 e. The van der Waals surface area contributed by atoms with Crippen molar-refractivity contribution in [3.8, 4) is 5.69 Å². The molecule has 3 aromatic heterocycles. The average molecular weight is 384 g/mol. The second-order valence-corrected chi connectivity index (χ2v) is 8.00. The predicted octanol–water partition coefficient (Wildman–Crippen LogP) is 2.95. The SMILES string of the molecule is Cc1cccc(-n2c(C)nnc2SCc2cc(=O)n3nc(C)sc3n2)c1. The highest BCUT2D eigenvalue weighted by molar-refractivity contribution is 7.98. The van der Waals surface area contributed by atoms with Crippen LogP contribution in [0.25, 0.3) is 10.6 Å². The summed E-state index contributed by atoms with van der Waals surface area (Å²) in [6, 6.07) is 9.72. The van der Waals surface area contributed by atoms with Crippen LogP contribution in [0.3, 0.4) is 0 Å². The molecule has 1 aromatic carbocycles. The third-order valence-corrected chi connectivity index (χ3v) is 5.59. The molecule has 0 unspecified atom stereocenters. The Morgan fingerprint density at radius 3 is 2.81 bits per heavy atom. The van der Waals surface area contributed by atoms with Crippen molar-refractivity contribution in [2.24, 2.45) is 0 Å². The molecule has 132 valence electrons. The van der Waals surface area contributed by atoms with Crippen LogP contribution in [0, 0.1) is 20.8 Å². The van der Waals surface area contributed by atoms with E-state index in [9.17, 15) is 4.79 Å². The first-order chi connectivity index (χ1) is 12.5. The summed E-state index contributed by atoms with van der Waals surface area (Å²) >= 11 is 2.91. The van der Waals surface area contributed by atoms with Gasteiger partial charge >= 0.3 is 0 Å². The molecule has 4 rings (SSSR count). The first-order valence-corrected chi connectivity index (χ1v) is 9.80. The second-order valence-electron chi connectivity index (χ2n) is 5.89. The van der Waals surface area contributed by atoms with Gasteiger partial charge in [-0.2, -0.15) is 9.61 Å². The van der Waals surface area contributed by atoms with Gasteiger partial charge in [-0.15, -0.1) is 10.2 Å². The molecule has 0 aliphatic heterocycles. The van der Waals surface area contributed by atoms with Gasteiger partial charge in [0, 0.05) is 17.5 Å². The minimum atomic E-state index is -0.161. The normalized spacial score (nSPS) is 11.3. The molecule has 3 heterocycles. The summed E-state index contributed by atoms with van der Waals surface area (Å²) < 4.78 is 3.35. The smallest absolute Gasteiger partial charge is 0.274 e. The minimum Gasteiger partial charge on any atom is -0.274 e. The van der Waals surface area contributed by atoms with Crippen molar-refractivity contribution in [2.75, 3.05) is 0 Å². The maximum absolute atomic E-state index is 12.2. The van der Waals surface area contributed by atoms with Crippen molar-refractivity contribution < 1.29 is 0 Å². The Bertz CT molecular complexity index is 1160. The lowest BCUT2D eigenvalue weighted by molar-refractivity contribution is 0.861. The van der Waals surface area contributed by atoms with Crippen LogP contribution in [-0.4, -0.2) is 29.4 Å². The molecule has 9 heteroatoms. The number of hydrogen-bond donors (Lipinski definition) is 0. The van der Waals surface area contributed by atoms with Crippen molar-refractivity contribution in [1.29, 1.82) is 0 Å². The summed E-state index contributed by atoms with van der Waals surface area (Å²) in [7, 11) is 0. The Balaban J connectivity index is 1.64. The van der Waals surface area contributed by atoms with Crippen LogP contribution in [0.1, 0.15) is 22.1 Å². The Labute approximate surface area is 157 Å². The fourth-order valence-electron chi connectivity index (χ4n) is 2.67. The van der Waals surface area contributed by atoms with E-state index in [-0.39, 0.29) is 5.56 Å². The van der Waals surface area contributed by atoms with Crippen molar-refractivity contribution in [1.82, 2.24) is 29.4 Å². The molecule has 0 spiro atoms. The molecular weight excluding hydrogens is 368 g/mol. The summed E-state index contributed by atoms with van der Waals surface area (Å²) in [5.74, 6) is 1.35. The number of benzene rings is 1. The van der Waals surface area contributed by atoms with E-state index in [4.69, 9.17) is 0 Å². The van der Waals surface area contributed by atoms with E-state index in [2.05, 4.69) is 39.3 Å². The molecule has 0 aliphatic carbocycles. The van der Waals surface area contributed by atoms with Crippen LogP contribution in [-0.2, 0) is 5.75 Å². The molecule has 4 aromatic rings. The van der Waals surface area contributed by atoms with Gasteiger partial charge in [-0.25, -0.2) is 4.98 Å². The molecule has 26 heavy (non-hydrogen) atoms. The first-order valence-electron chi connectivity index (χ1n) is 7.99. The van der Waals surface area contributed by atoms with Gasteiger partial charge in [-0.1, -0.05) is 35.2 Å². The number of nitrogens with zero attached hydrogens (tertiary/aromatic N) is 6. The quantitative estimate of drug-likeness (QED) is 0.504. The highest BCUT2D eigenvalue weighted by Gasteiger charge is 2.13. The zero-order valence-corrected chi connectivity index (χ0v) is 16.1. The highest BCUT2D eigenvalue weighted by Crippen LogP contribution is 2.25. The summed E-state index contributed by atoms with van der Waals surface area (Å²) in [5.41, 5.74) is 2.75. The van der Waals surface area contributed by atoms with E-state index in [0.717, 1.165) is 21.7 Å². The zero-order chi connectivity index (χ0) is 18.3. The summed E-state index contributed by atoms with van der Waals surface area (Å²) in [5, 5.41) is 14.2. The lowest BCUT2D eigenvalue weighted by Gasteiger charge is -2.09. The van der Waals surface area contributed by atoms with Crippen molar-refractivity contribution in [2.45, 2.75) is 31.7 Å². The van der Waals surface area contributed by atoms with Gasteiger partial charge in [0.2, 0.25) is 4.96 Å². The Kier molecular flexibility index (Phi) is 4.33. The Morgan fingerprint density at radius 1 is 1.15 bits per heavy atom. The molecule has 0 bridgehead atoms. The maximum atomic E-state index is 12.2. The van der Waals surface area contributed by atoms with Gasteiger partial charge in [0.15, 0.2) is 5.16 Å². The summed E-state index contributed by atoms with van der Waals surface area (Å²) in [6.07, 6.45) is 0. The molecule has 0 amide bonds. The van der Waals surface area contributed by atoms with Gasteiger partial charge in [0.1, 0.15) is 10.8 Å². The molecule has 0 atom stereocenters. The largest absolute Gasteiger partial charge is 0.275 e. The van der Waals surface area contributed by atoms with Gasteiger partial charge in [-0.3, -0.25) is 9.36 Å². The monoisotopic (exact) mass is 384 g/mol. The number of fused-ring (bicyclic) bond motifs is 1. The Hall–Kier alpha value is -2.52. The topological polar surface area (TPSA) is 78.0 Å². The molecule has 0 fully saturated rings. The number of aromatic nitrogens is 6. The van der Waals surface area contributed by atoms with Crippen molar-refractivity contribution >= 4 is 28.1 Å². The van der Waals surface area contributed by atoms with Gasteiger partial charge in [0.05, 0.1) is 5.69 Å². The van der Waals surface area contributed by atoms with E-state index in [1.807, 2.05) is 30.5 Å². The van der Waals surface area contributed by atoms with E-state index in [1.54, 1.807) is 0 Å². The highest BCUT2D eigenvalue weighted by atomic mass is 32.2. The van der Waals surface area contributed by atoms with Crippen LogP contribution in [0.5, 0.6) is 0 Å². The van der Waals surface area contributed by atoms with Crippen LogP contribution in [0.4, 0.5) is 0 Å². The number of aryl methyl sites for hydroxylation is 3. The molecule has 0 N–H and O–H groups in total. The van der Waals surface area contributed by atoms with E-state index in [1.165, 1.54) is 39.2 Å².